The molecule has 0 aliphatic rings. The monoisotopic (exact) mass is 230 g/mol. The number of nitrogens with one attached hydrogen (secondary N) is 1. The van der Waals surface area contributed by atoms with Gasteiger partial charge in [-0.15, -0.1) is 0 Å². The molecule has 88 valence electrons. The summed E-state index contributed by atoms with van der Waals surface area (Å²) in [7, 11) is 1.74. The Hall–Kier alpha value is -2.23. The molecule has 0 aliphatic carbocycles. The maximum Gasteiger partial charge on any atom is 0.321 e. The first-order valence-corrected chi connectivity index (χ1v) is 5.34. The third-order valence-corrected chi connectivity index (χ3v) is 2.37. The molecule has 0 spiro atoms. The van der Waals surface area contributed by atoms with E-state index in [4.69, 9.17) is 4.42 Å². The lowest BCUT2D eigenvalue weighted by atomic mass is 10.3. The van der Waals surface area contributed by atoms with Crippen LogP contribution in [0.1, 0.15) is 5.56 Å². The largest absolute Gasteiger partial charge is 0.472 e. The normalized spacial score (nSPS) is 9.94. The molecule has 1 aromatic heterocycles. The van der Waals surface area contributed by atoms with Gasteiger partial charge in [0.1, 0.15) is 0 Å². The summed E-state index contributed by atoms with van der Waals surface area (Å²) in [5.41, 5.74) is 1.76. The molecule has 2 rings (SSSR count). The average Bonchev–Trinajstić information content (AvgIpc) is 2.83. The molecule has 1 aromatic carbocycles. The van der Waals surface area contributed by atoms with Crippen molar-refractivity contribution in [2.45, 2.75) is 6.54 Å². The van der Waals surface area contributed by atoms with Crippen LogP contribution in [-0.4, -0.2) is 18.0 Å². The van der Waals surface area contributed by atoms with Gasteiger partial charge in [-0.25, -0.2) is 4.79 Å². The molecule has 0 atom stereocenters. The number of hydrogen-bond donors (Lipinski definition) is 1. The molecule has 1 heterocycles. The highest BCUT2D eigenvalue weighted by atomic mass is 16.3. The van der Waals surface area contributed by atoms with Gasteiger partial charge in [0.2, 0.25) is 0 Å². The third kappa shape index (κ3) is 3.11. The van der Waals surface area contributed by atoms with Crippen molar-refractivity contribution < 1.29 is 9.21 Å². The highest BCUT2D eigenvalue weighted by Crippen LogP contribution is 2.08. The molecule has 4 heteroatoms. The van der Waals surface area contributed by atoms with Crippen molar-refractivity contribution in [3.63, 3.8) is 0 Å². The van der Waals surface area contributed by atoms with E-state index in [-0.39, 0.29) is 6.03 Å². The highest BCUT2D eigenvalue weighted by molar-refractivity contribution is 5.89. The number of carbonyl (C=O) groups is 1. The van der Waals surface area contributed by atoms with Crippen molar-refractivity contribution in [3.8, 4) is 0 Å². The number of para-hydroxylation sites is 1. The van der Waals surface area contributed by atoms with Gasteiger partial charge in [-0.1, -0.05) is 18.2 Å². The summed E-state index contributed by atoms with van der Waals surface area (Å²) in [4.78, 5) is 13.4. The average molecular weight is 230 g/mol. The Morgan fingerprint density at radius 2 is 2.06 bits per heavy atom. The van der Waals surface area contributed by atoms with Gasteiger partial charge in [0.05, 0.1) is 19.1 Å². The van der Waals surface area contributed by atoms with E-state index in [1.807, 2.05) is 36.4 Å². The minimum Gasteiger partial charge on any atom is -0.472 e. The summed E-state index contributed by atoms with van der Waals surface area (Å²) in [5.74, 6) is 0. The zero-order valence-electron chi connectivity index (χ0n) is 9.59. The van der Waals surface area contributed by atoms with Crippen LogP contribution < -0.4 is 5.32 Å². The van der Waals surface area contributed by atoms with Crippen LogP contribution in [0.3, 0.4) is 0 Å². The molecule has 4 nitrogen and oxygen atoms in total. The molecule has 2 amide bonds. The molecule has 0 radical (unpaired) electrons. The van der Waals surface area contributed by atoms with E-state index in [1.165, 1.54) is 0 Å². The zero-order valence-corrected chi connectivity index (χ0v) is 9.59. The van der Waals surface area contributed by atoms with Crippen molar-refractivity contribution in [1.29, 1.82) is 0 Å². The van der Waals surface area contributed by atoms with E-state index in [2.05, 4.69) is 5.32 Å². The number of rotatable bonds is 3. The van der Waals surface area contributed by atoms with Crippen LogP contribution in [0.15, 0.2) is 53.3 Å². The molecule has 0 aliphatic heterocycles. The minimum atomic E-state index is -0.141. The van der Waals surface area contributed by atoms with Crippen molar-refractivity contribution >= 4 is 11.7 Å². The van der Waals surface area contributed by atoms with E-state index in [1.54, 1.807) is 24.5 Å². The van der Waals surface area contributed by atoms with Gasteiger partial charge in [-0.05, 0) is 18.2 Å². The molecule has 1 N–H and O–H groups in total. The second-order valence-electron chi connectivity index (χ2n) is 3.78. The van der Waals surface area contributed by atoms with Gasteiger partial charge >= 0.3 is 6.03 Å². The second kappa shape index (κ2) is 5.21. The van der Waals surface area contributed by atoms with Gasteiger partial charge in [-0.2, -0.15) is 0 Å². The Morgan fingerprint density at radius 3 is 2.71 bits per heavy atom. The Bertz CT molecular complexity index is 465. The highest BCUT2D eigenvalue weighted by Gasteiger charge is 2.09. The third-order valence-electron chi connectivity index (χ3n) is 2.37. The minimum absolute atomic E-state index is 0.141. The molecular weight excluding hydrogens is 216 g/mol. The fourth-order valence-corrected chi connectivity index (χ4v) is 1.47. The summed E-state index contributed by atoms with van der Waals surface area (Å²) in [6, 6.07) is 11.1. The standard InChI is InChI=1S/C13H14N2O2/c1-15(9-11-7-8-17-10-11)13(16)14-12-5-3-2-4-6-12/h2-8,10H,9H2,1H3,(H,14,16). The molecule has 0 fully saturated rings. The van der Waals surface area contributed by atoms with E-state index in [0.717, 1.165) is 11.3 Å². The van der Waals surface area contributed by atoms with E-state index in [9.17, 15) is 4.79 Å². The molecule has 0 saturated heterocycles. The predicted octanol–water partition coefficient (Wildman–Crippen LogP) is 2.94. The number of anilines is 1. The van der Waals surface area contributed by atoms with Gasteiger partial charge < -0.3 is 14.6 Å². The lowest BCUT2D eigenvalue weighted by Gasteiger charge is -2.16. The van der Waals surface area contributed by atoms with Crippen molar-refractivity contribution in [2.24, 2.45) is 0 Å². The smallest absolute Gasteiger partial charge is 0.321 e. The van der Waals surface area contributed by atoms with Crippen molar-refractivity contribution in [1.82, 2.24) is 4.90 Å². The molecule has 2 aromatic rings. The van der Waals surface area contributed by atoms with Gasteiger partial charge in [0.15, 0.2) is 0 Å². The first kappa shape index (κ1) is 11.3. The fraction of sp³-hybridized carbons (Fsp3) is 0.154. The number of urea groups is 1. The van der Waals surface area contributed by atoms with E-state index in [0.29, 0.717) is 6.54 Å². The predicted molar refractivity (Wildman–Crippen MR) is 65.6 cm³/mol. The maximum atomic E-state index is 11.8. The molecule has 0 unspecified atom stereocenters. The van der Waals surface area contributed by atoms with Crippen LogP contribution in [0.5, 0.6) is 0 Å². The molecule has 0 bridgehead atoms. The van der Waals surface area contributed by atoms with Crippen LogP contribution in [0.2, 0.25) is 0 Å². The summed E-state index contributed by atoms with van der Waals surface area (Å²) in [5, 5.41) is 2.81. The molecule has 0 saturated carbocycles. The number of furan rings is 1. The first-order valence-electron chi connectivity index (χ1n) is 5.34. The molecule has 17 heavy (non-hydrogen) atoms. The van der Waals surface area contributed by atoms with Crippen LogP contribution in [0, 0.1) is 0 Å². The van der Waals surface area contributed by atoms with Crippen LogP contribution in [-0.2, 0) is 6.54 Å². The zero-order chi connectivity index (χ0) is 12.1. The topological polar surface area (TPSA) is 45.5 Å². The first-order chi connectivity index (χ1) is 8.25. The number of nitrogens with zero attached hydrogens (tertiary/aromatic N) is 1. The Labute approximate surface area is 99.8 Å². The Morgan fingerprint density at radius 1 is 1.29 bits per heavy atom. The van der Waals surface area contributed by atoms with E-state index >= 15 is 0 Å². The van der Waals surface area contributed by atoms with Crippen molar-refractivity contribution in [2.75, 3.05) is 12.4 Å². The number of hydrogen-bond acceptors (Lipinski definition) is 2. The summed E-state index contributed by atoms with van der Waals surface area (Å²) < 4.78 is 4.96. The number of carbonyl (C=O) groups excluding carboxylic acids is 1. The summed E-state index contributed by atoms with van der Waals surface area (Å²) >= 11 is 0. The van der Waals surface area contributed by atoms with Crippen molar-refractivity contribution in [3.05, 3.63) is 54.5 Å². The number of amides is 2. The van der Waals surface area contributed by atoms with Crippen LogP contribution in [0.25, 0.3) is 0 Å². The van der Waals surface area contributed by atoms with Gasteiger partial charge in [-0.3, -0.25) is 0 Å². The SMILES string of the molecule is CN(Cc1ccoc1)C(=O)Nc1ccccc1. The van der Waals surface area contributed by atoms with Crippen LogP contribution >= 0.6 is 0 Å². The quantitative estimate of drug-likeness (QED) is 0.881. The summed E-state index contributed by atoms with van der Waals surface area (Å²) in [6.45, 7) is 0.523. The molecular formula is C13H14N2O2. The summed E-state index contributed by atoms with van der Waals surface area (Å²) in [6.07, 6.45) is 3.23. The Balaban J connectivity index is 1.92. The van der Waals surface area contributed by atoms with Crippen LogP contribution in [0.4, 0.5) is 10.5 Å². The lowest BCUT2D eigenvalue weighted by molar-refractivity contribution is 0.220. The van der Waals surface area contributed by atoms with E-state index < -0.39 is 0 Å². The lowest BCUT2D eigenvalue weighted by Crippen LogP contribution is -2.30. The second-order valence-corrected chi connectivity index (χ2v) is 3.78. The fourth-order valence-electron chi connectivity index (χ4n) is 1.47. The Kier molecular flexibility index (Phi) is 3.45. The van der Waals surface area contributed by atoms with Gasteiger partial charge in [0, 0.05) is 18.3 Å². The number of benzene rings is 1. The van der Waals surface area contributed by atoms with Gasteiger partial charge in [0.25, 0.3) is 0 Å². The maximum absolute atomic E-state index is 11.8.